The highest BCUT2D eigenvalue weighted by atomic mass is 16.5. The molecule has 1 aromatic heterocycles. The number of methoxy groups -OCH3 is 2. The van der Waals surface area contributed by atoms with Gasteiger partial charge in [-0.25, -0.2) is 0 Å². The highest BCUT2D eigenvalue weighted by Crippen LogP contribution is 2.29. The Hall–Kier alpha value is -2.50. The molecule has 0 bridgehead atoms. The van der Waals surface area contributed by atoms with E-state index in [-0.39, 0.29) is 11.6 Å². The second kappa shape index (κ2) is 5.22. The molecule has 1 N–H and O–H groups in total. The van der Waals surface area contributed by atoms with Crippen molar-refractivity contribution in [1.29, 1.82) is 0 Å². The summed E-state index contributed by atoms with van der Waals surface area (Å²) in [6.07, 6.45) is 1.33. The molecule has 0 fully saturated rings. The van der Waals surface area contributed by atoms with Crippen molar-refractivity contribution < 1.29 is 18.8 Å². The van der Waals surface area contributed by atoms with Crippen molar-refractivity contribution in [3.63, 3.8) is 0 Å². The third-order valence-electron chi connectivity index (χ3n) is 2.33. The van der Waals surface area contributed by atoms with Gasteiger partial charge < -0.3 is 19.3 Å². The summed E-state index contributed by atoms with van der Waals surface area (Å²) in [6, 6.07) is 6.58. The van der Waals surface area contributed by atoms with Gasteiger partial charge in [-0.05, 0) is 12.1 Å². The summed E-state index contributed by atoms with van der Waals surface area (Å²) >= 11 is 0. The Labute approximate surface area is 103 Å². The van der Waals surface area contributed by atoms with Crippen LogP contribution in [0.2, 0.25) is 0 Å². The van der Waals surface area contributed by atoms with Gasteiger partial charge in [-0.3, -0.25) is 4.79 Å². The first-order chi connectivity index (χ1) is 8.74. The molecule has 0 saturated carbocycles. The summed E-state index contributed by atoms with van der Waals surface area (Å²) in [7, 11) is 3.07. The molecule has 18 heavy (non-hydrogen) atoms. The van der Waals surface area contributed by atoms with Gasteiger partial charge in [0.1, 0.15) is 17.8 Å². The Morgan fingerprint density at radius 2 is 2.11 bits per heavy atom. The van der Waals surface area contributed by atoms with E-state index in [1.807, 2.05) is 0 Å². The fraction of sp³-hybridized carbons (Fsp3) is 0.167. The van der Waals surface area contributed by atoms with Gasteiger partial charge in [-0.1, -0.05) is 5.16 Å². The van der Waals surface area contributed by atoms with E-state index in [4.69, 9.17) is 9.47 Å². The number of rotatable bonds is 4. The van der Waals surface area contributed by atoms with Gasteiger partial charge in [-0.15, -0.1) is 0 Å². The monoisotopic (exact) mass is 248 g/mol. The number of carbonyl (C=O) groups is 1. The molecule has 0 aliphatic heterocycles. The summed E-state index contributed by atoms with van der Waals surface area (Å²) in [6.45, 7) is 0. The minimum absolute atomic E-state index is 0.194. The van der Waals surface area contributed by atoms with Crippen LogP contribution in [-0.2, 0) is 0 Å². The second-order valence-corrected chi connectivity index (χ2v) is 3.41. The first-order valence-corrected chi connectivity index (χ1v) is 5.18. The fourth-order valence-electron chi connectivity index (χ4n) is 1.43. The number of nitrogens with one attached hydrogen (secondary N) is 1. The van der Waals surface area contributed by atoms with Gasteiger partial charge in [0, 0.05) is 12.1 Å². The SMILES string of the molecule is COc1ccc(OC)c(NC(=O)c2ccon2)c1. The Morgan fingerprint density at radius 1 is 1.28 bits per heavy atom. The fourth-order valence-corrected chi connectivity index (χ4v) is 1.43. The molecule has 6 heteroatoms. The lowest BCUT2D eigenvalue weighted by Gasteiger charge is -2.10. The minimum Gasteiger partial charge on any atom is -0.497 e. The molecule has 94 valence electrons. The first kappa shape index (κ1) is 12.0. The molecule has 1 heterocycles. The Morgan fingerprint density at radius 3 is 2.72 bits per heavy atom. The number of hydrogen-bond acceptors (Lipinski definition) is 5. The van der Waals surface area contributed by atoms with Crippen LogP contribution < -0.4 is 14.8 Å². The maximum Gasteiger partial charge on any atom is 0.277 e. The van der Waals surface area contributed by atoms with E-state index in [9.17, 15) is 4.79 Å². The minimum atomic E-state index is -0.379. The number of amides is 1. The van der Waals surface area contributed by atoms with Crippen molar-refractivity contribution in [1.82, 2.24) is 5.16 Å². The lowest BCUT2D eigenvalue weighted by atomic mass is 10.2. The van der Waals surface area contributed by atoms with E-state index in [1.54, 1.807) is 25.3 Å². The topological polar surface area (TPSA) is 73.6 Å². The molecule has 0 radical (unpaired) electrons. The molecule has 0 atom stereocenters. The van der Waals surface area contributed by atoms with E-state index in [2.05, 4.69) is 15.0 Å². The largest absolute Gasteiger partial charge is 0.497 e. The number of carbonyl (C=O) groups excluding carboxylic acids is 1. The van der Waals surface area contributed by atoms with Crippen LogP contribution in [0.25, 0.3) is 0 Å². The third kappa shape index (κ3) is 2.42. The predicted molar refractivity (Wildman–Crippen MR) is 64.0 cm³/mol. The quantitative estimate of drug-likeness (QED) is 0.895. The maximum atomic E-state index is 11.8. The smallest absolute Gasteiger partial charge is 0.277 e. The molecule has 0 aliphatic carbocycles. The van der Waals surface area contributed by atoms with E-state index in [0.29, 0.717) is 17.2 Å². The molecule has 0 unspecified atom stereocenters. The Kier molecular flexibility index (Phi) is 3.47. The third-order valence-corrected chi connectivity index (χ3v) is 2.33. The van der Waals surface area contributed by atoms with Gasteiger partial charge in [0.05, 0.1) is 19.9 Å². The number of anilines is 1. The molecule has 0 saturated heterocycles. The zero-order valence-corrected chi connectivity index (χ0v) is 9.97. The lowest BCUT2D eigenvalue weighted by Crippen LogP contribution is -2.13. The van der Waals surface area contributed by atoms with Gasteiger partial charge in [0.25, 0.3) is 5.91 Å². The Balaban J connectivity index is 2.24. The highest BCUT2D eigenvalue weighted by Gasteiger charge is 2.12. The normalized spacial score (nSPS) is 9.89. The van der Waals surface area contributed by atoms with Crippen molar-refractivity contribution >= 4 is 11.6 Å². The number of benzene rings is 1. The van der Waals surface area contributed by atoms with Gasteiger partial charge in [-0.2, -0.15) is 0 Å². The lowest BCUT2D eigenvalue weighted by molar-refractivity contribution is 0.101. The standard InChI is InChI=1S/C12H12N2O4/c1-16-8-3-4-11(17-2)10(7-8)13-12(15)9-5-6-18-14-9/h3-7H,1-2H3,(H,13,15). The van der Waals surface area contributed by atoms with Crippen LogP contribution in [0.15, 0.2) is 35.1 Å². The van der Waals surface area contributed by atoms with Crippen molar-refractivity contribution in [2.24, 2.45) is 0 Å². The number of ether oxygens (including phenoxy) is 2. The average molecular weight is 248 g/mol. The van der Waals surface area contributed by atoms with Crippen LogP contribution in [0.5, 0.6) is 11.5 Å². The molecule has 1 amide bonds. The summed E-state index contributed by atoms with van der Waals surface area (Å²) in [5.41, 5.74) is 0.699. The van der Waals surface area contributed by atoms with Gasteiger partial charge >= 0.3 is 0 Å². The van der Waals surface area contributed by atoms with Crippen molar-refractivity contribution in [2.75, 3.05) is 19.5 Å². The maximum absolute atomic E-state index is 11.8. The second-order valence-electron chi connectivity index (χ2n) is 3.41. The average Bonchev–Trinajstić information content (AvgIpc) is 2.92. The predicted octanol–water partition coefficient (Wildman–Crippen LogP) is 1.94. The van der Waals surface area contributed by atoms with Crippen LogP contribution in [0, 0.1) is 0 Å². The van der Waals surface area contributed by atoms with Gasteiger partial charge in [0.15, 0.2) is 5.69 Å². The zero-order chi connectivity index (χ0) is 13.0. The van der Waals surface area contributed by atoms with E-state index in [1.165, 1.54) is 19.4 Å². The Bertz CT molecular complexity index is 537. The number of hydrogen-bond donors (Lipinski definition) is 1. The summed E-state index contributed by atoms with van der Waals surface area (Å²) in [5, 5.41) is 6.22. The highest BCUT2D eigenvalue weighted by molar-refractivity contribution is 6.03. The van der Waals surface area contributed by atoms with E-state index < -0.39 is 0 Å². The summed E-state index contributed by atoms with van der Waals surface area (Å²) in [5.74, 6) is 0.772. The van der Waals surface area contributed by atoms with Crippen molar-refractivity contribution in [3.8, 4) is 11.5 Å². The summed E-state index contributed by atoms with van der Waals surface area (Å²) < 4.78 is 14.8. The molecular formula is C12H12N2O4. The number of nitrogens with zero attached hydrogens (tertiary/aromatic N) is 1. The van der Waals surface area contributed by atoms with Crippen LogP contribution >= 0.6 is 0 Å². The van der Waals surface area contributed by atoms with E-state index in [0.717, 1.165) is 0 Å². The number of aromatic nitrogens is 1. The summed E-state index contributed by atoms with van der Waals surface area (Å²) in [4.78, 5) is 11.8. The molecule has 2 rings (SSSR count). The molecule has 0 spiro atoms. The molecule has 2 aromatic rings. The van der Waals surface area contributed by atoms with Crippen LogP contribution in [0.3, 0.4) is 0 Å². The van der Waals surface area contributed by atoms with Crippen LogP contribution in [0.4, 0.5) is 5.69 Å². The van der Waals surface area contributed by atoms with Crippen molar-refractivity contribution in [2.45, 2.75) is 0 Å². The van der Waals surface area contributed by atoms with Gasteiger partial charge in [0.2, 0.25) is 0 Å². The molecule has 1 aromatic carbocycles. The van der Waals surface area contributed by atoms with Crippen LogP contribution in [0.1, 0.15) is 10.5 Å². The molecule has 6 nitrogen and oxygen atoms in total. The molecular weight excluding hydrogens is 236 g/mol. The first-order valence-electron chi connectivity index (χ1n) is 5.18. The van der Waals surface area contributed by atoms with Crippen molar-refractivity contribution in [3.05, 3.63) is 36.2 Å². The zero-order valence-electron chi connectivity index (χ0n) is 9.97. The van der Waals surface area contributed by atoms with E-state index >= 15 is 0 Å². The van der Waals surface area contributed by atoms with Crippen LogP contribution in [-0.4, -0.2) is 25.3 Å². The molecule has 0 aliphatic rings.